The van der Waals surface area contributed by atoms with Crippen molar-refractivity contribution in [3.05, 3.63) is 71.3 Å². The lowest BCUT2D eigenvalue weighted by atomic mass is 10.1. The summed E-state index contributed by atoms with van der Waals surface area (Å²) in [4.78, 5) is 27.4. The van der Waals surface area contributed by atoms with Crippen LogP contribution in [0.4, 0.5) is 30.6 Å². The minimum absolute atomic E-state index is 0.0778. The number of nitrogens with one attached hydrogen (secondary N) is 2. The molecule has 1 aliphatic carbocycles. The summed E-state index contributed by atoms with van der Waals surface area (Å²) in [5, 5.41) is 10.9. The minimum Gasteiger partial charge on any atom is -0.367 e. The lowest BCUT2D eigenvalue weighted by Crippen LogP contribution is -2.24. The zero-order valence-corrected chi connectivity index (χ0v) is 19.8. The number of carbonyl (C=O) groups is 1. The quantitative estimate of drug-likeness (QED) is 0.411. The van der Waals surface area contributed by atoms with Crippen molar-refractivity contribution >= 4 is 29.0 Å². The van der Waals surface area contributed by atoms with Gasteiger partial charge in [0.1, 0.15) is 5.82 Å². The lowest BCUT2D eigenvalue weighted by Gasteiger charge is -2.17. The van der Waals surface area contributed by atoms with Crippen LogP contribution < -0.4 is 15.5 Å². The number of fused-ring (bicyclic) bond motifs is 2. The average molecular weight is 509 g/mol. The van der Waals surface area contributed by atoms with Crippen LogP contribution in [0.25, 0.3) is 5.65 Å². The van der Waals surface area contributed by atoms with E-state index in [1.165, 1.54) is 10.7 Å². The number of hydrogen-bond acceptors (Lipinski definition) is 7. The molecule has 9 nitrogen and oxygen atoms in total. The standard InChI is InChI=1S/C25H23F3N8O/c1-14-8-15-13-35(23(37)20(15)12-29-14)19-4-5-21(30-11-19)31-17-2-3-18(10-17)32-24-33-22-9-16(25(26,27)28)6-7-36(22)34-24/h4-9,11-12,17-18H,2-3,10,13H2,1H3,(H,30,31)(H,32,34)/t17-,18-/m0/s1. The van der Waals surface area contributed by atoms with Gasteiger partial charge in [0.25, 0.3) is 5.91 Å². The van der Waals surface area contributed by atoms with Gasteiger partial charge in [-0.15, -0.1) is 5.10 Å². The summed E-state index contributed by atoms with van der Waals surface area (Å²) in [7, 11) is 0. The van der Waals surface area contributed by atoms with E-state index >= 15 is 0 Å². The first-order valence-corrected chi connectivity index (χ1v) is 11.9. The molecule has 0 saturated heterocycles. The largest absolute Gasteiger partial charge is 0.416 e. The Morgan fingerprint density at radius 1 is 1.03 bits per heavy atom. The maximum absolute atomic E-state index is 13.0. The van der Waals surface area contributed by atoms with Crippen molar-refractivity contribution in [2.75, 3.05) is 15.5 Å². The van der Waals surface area contributed by atoms with Crippen molar-refractivity contribution in [2.45, 2.75) is 51.0 Å². The molecule has 2 atom stereocenters. The normalized spacial score (nSPS) is 19.5. The van der Waals surface area contributed by atoms with E-state index < -0.39 is 11.7 Å². The zero-order valence-electron chi connectivity index (χ0n) is 19.8. The Morgan fingerprint density at radius 2 is 1.84 bits per heavy atom. The molecule has 6 rings (SSSR count). The molecule has 37 heavy (non-hydrogen) atoms. The SMILES string of the molecule is Cc1cc2c(cn1)C(=O)N(c1ccc(N[C@H]3CC[C@H](Nc4nc5cc(C(F)(F)F)ccn5n4)C3)nc1)C2. The molecular formula is C25H23F3N8O. The molecule has 2 N–H and O–H groups in total. The Kier molecular flexibility index (Phi) is 5.46. The van der Waals surface area contributed by atoms with Gasteiger partial charge in [-0.3, -0.25) is 9.78 Å². The van der Waals surface area contributed by atoms with Gasteiger partial charge in [0.05, 0.1) is 29.6 Å². The molecule has 1 amide bonds. The summed E-state index contributed by atoms with van der Waals surface area (Å²) in [6, 6.07) is 7.88. The summed E-state index contributed by atoms with van der Waals surface area (Å²) < 4.78 is 40.2. The van der Waals surface area contributed by atoms with Gasteiger partial charge in [0.15, 0.2) is 5.65 Å². The number of aryl methyl sites for hydroxylation is 1. The van der Waals surface area contributed by atoms with Gasteiger partial charge in [0.2, 0.25) is 5.95 Å². The molecule has 1 saturated carbocycles. The fourth-order valence-electron chi connectivity index (χ4n) is 4.92. The van der Waals surface area contributed by atoms with E-state index in [4.69, 9.17) is 0 Å². The number of anilines is 3. The predicted molar refractivity (Wildman–Crippen MR) is 130 cm³/mol. The second-order valence-corrected chi connectivity index (χ2v) is 9.42. The highest BCUT2D eigenvalue weighted by molar-refractivity contribution is 6.09. The minimum atomic E-state index is -4.43. The van der Waals surface area contributed by atoms with E-state index in [1.54, 1.807) is 17.3 Å². The van der Waals surface area contributed by atoms with Crippen LogP contribution in [0.1, 0.15) is 46.4 Å². The molecule has 4 aromatic heterocycles. The van der Waals surface area contributed by atoms with E-state index in [9.17, 15) is 18.0 Å². The monoisotopic (exact) mass is 508 g/mol. The number of aromatic nitrogens is 5. The van der Waals surface area contributed by atoms with Gasteiger partial charge in [0, 0.05) is 30.2 Å². The fourth-order valence-corrected chi connectivity index (χ4v) is 4.92. The molecule has 0 bridgehead atoms. The summed E-state index contributed by atoms with van der Waals surface area (Å²) in [6.07, 6.45) is 2.67. The van der Waals surface area contributed by atoms with Gasteiger partial charge in [-0.1, -0.05) is 0 Å². The Balaban J connectivity index is 1.06. The third-order valence-electron chi connectivity index (χ3n) is 6.77. The molecule has 5 heterocycles. The molecule has 190 valence electrons. The van der Waals surface area contributed by atoms with Gasteiger partial charge in [-0.2, -0.15) is 18.2 Å². The molecular weight excluding hydrogens is 485 g/mol. The highest BCUT2D eigenvalue weighted by atomic mass is 19.4. The van der Waals surface area contributed by atoms with Crippen molar-refractivity contribution < 1.29 is 18.0 Å². The van der Waals surface area contributed by atoms with Crippen molar-refractivity contribution in [1.82, 2.24) is 24.6 Å². The summed E-state index contributed by atoms with van der Waals surface area (Å²) in [6.45, 7) is 2.40. The molecule has 1 fully saturated rings. The molecule has 2 aliphatic rings. The predicted octanol–water partition coefficient (Wildman–Crippen LogP) is 4.45. The van der Waals surface area contributed by atoms with E-state index in [-0.39, 0.29) is 23.6 Å². The molecule has 0 spiro atoms. The summed E-state index contributed by atoms with van der Waals surface area (Å²) in [5.41, 5.74) is 2.57. The third-order valence-corrected chi connectivity index (χ3v) is 6.77. The van der Waals surface area contributed by atoms with Gasteiger partial charge in [-0.25, -0.2) is 9.50 Å². The molecule has 1 aliphatic heterocycles. The van der Waals surface area contributed by atoms with E-state index in [2.05, 4.69) is 30.7 Å². The maximum Gasteiger partial charge on any atom is 0.416 e. The Labute approximate surface area is 209 Å². The van der Waals surface area contributed by atoms with Crippen molar-refractivity contribution in [2.24, 2.45) is 0 Å². The maximum atomic E-state index is 13.0. The van der Waals surface area contributed by atoms with Crippen molar-refractivity contribution in [3.63, 3.8) is 0 Å². The van der Waals surface area contributed by atoms with E-state index in [0.29, 0.717) is 23.9 Å². The number of carbonyl (C=O) groups excluding carboxylic acids is 1. The van der Waals surface area contributed by atoms with Crippen LogP contribution >= 0.6 is 0 Å². The fraction of sp³-hybridized carbons (Fsp3) is 0.320. The number of pyridine rings is 3. The highest BCUT2D eigenvalue weighted by Crippen LogP contribution is 2.31. The number of nitrogens with zero attached hydrogens (tertiary/aromatic N) is 6. The number of hydrogen-bond donors (Lipinski definition) is 2. The number of amides is 1. The highest BCUT2D eigenvalue weighted by Gasteiger charge is 2.32. The second-order valence-electron chi connectivity index (χ2n) is 9.42. The lowest BCUT2D eigenvalue weighted by molar-refractivity contribution is -0.137. The van der Waals surface area contributed by atoms with Crippen LogP contribution in [0.3, 0.4) is 0 Å². The smallest absolute Gasteiger partial charge is 0.367 e. The third kappa shape index (κ3) is 4.54. The summed E-state index contributed by atoms with van der Waals surface area (Å²) >= 11 is 0. The number of rotatable bonds is 5. The number of halogens is 3. The van der Waals surface area contributed by atoms with Gasteiger partial charge < -0.3 is 15.5 Å². The first-order valence-electron chi connectivity index (χ1n) is 11.9. The van der Waals surface area contributed by atoms with E-state index in [0.717, 1.165) is 48.3 Å². The molecule has 0 unspecified atom stereocenters. The molecule has 0 radical (unpaired) electrons. The van der Waals surface area contributed by atoms with Gasteiger partial charge >= 0.3 is 6.18 Å². The Morgan fingerprint density at radius 3 is 2.59 bits per heavy atom. The van der Waals surface area contributed by atoms with E-state index in [1.807, 2.05) is 25.1 Å². The second kappa shape index (κ2) is 8.71. The van der Waals surface area contributed by atoms with Crippen molar-refractivity contribution in [3.8, 4) is 0 Å². The summed E-state index contributed by atoms with van der Waals surface area (Å²) in [5.74, 6) is 0.931. The molecule has 4 aromatic rings. The zero-order chi connectivity index (χ0) is 25.7. The van der Waals surface area contributed by atoms with Crippen LogP contribution in [0, 0.1) is 6.92 Å². The molecule has 0 aromatic carbocycles. The van der Waals surface area contributed by atoms with Crippen LogP contribution in [0.5, 0.6) is 0 Å². The Bertz CT molecular complexity index is 1480. The Hall–Kier alpha value is -4.22. The topological polar surface area (TPSA) is 100 Å². The van der Waals surface area contributed by atoms with Crippen LogP contribution in [0.2, 0.25) is 0 Å². The van der Waals surface area contributed by atoms with Crippen LogP contribution in [-0.4, -0.2) is 42.6 Å². The number of alkyl halides is 3. The van der Waals surface area contributed by atoms with Crippen LogP contribution in [0.15, 0.2) is 48.9 Å². The van der Waals surface area contributed by atoms with Crippen molar-refractivity contribution in [1.29, 1.82) is 0 Å². The first kappa shape index (κ1) is 23.2. The molecule has 12 heteroatoms. The van der Waals surface area contributed by atoms with Gasteiger partial charge in [-0.05, 0) is 62.1 Å². The van der Waals surface area contributed by atoms with Crippen LogP contribution in [-0.2, 0) is 12.7 Å². The average Bonchev–Trinajstić information content (AvgIpc) is 3.55. The first-order chi connectivity index (χ1) is 17.7.